The van der Waals surface area contributed by atoms with E-state index in [1.807, 2.05) is 18.2 Å². The Kier molecular flexibility index (Phi) is 6.60. The van der Waals surface area contributed by atoms with E-state index in [0.29, 0.717) is 0 Å². The maximum absolute atomic E-state index is 6.70. The minimum atomic E-state index is 0.859. The highest BCUT2D eigenvalue weighted by molar-refractivity contribution is 6.15. The lowest BCUT2D eigenvalue weighted by atomic mass is 10.00. The summed E-state index contributed by atoms with van der Waals surface area (Å²) in [6, 6.07) is 69.0. The van der Waals surface area contributed by atoms with Crippen LogP contribution in [0.4, 0.5) is 17.1 Å². The van der Waals surface area contributed by atoms with Crippen LogP contribution < -0.4 is 4.90 Å². The van der Waals surface area contributed by atoms with Crippen molar-refractivity contribution in [2.24, 2.45) is 0 Å². The molecule has 262 valence electrons. The second-order valence-electron chi connectivity index (χ2n) is 14.5. The van der Waals surface area contributed by atoms with Crippen LogP contribution >= 0.6 is 0 Å². The first-order chi connectivity index (χ1) is 27.8. The van der Waals surface area contributed by atoms with Crippen LogP contribution in [0.15, 0.2) is 203 Å². The third-order valence-corrected chi connectivity index (χ3v) is 11.3. The summed E-state index contributed by atoms with van der Waals surface area (Å²) < 4.78 is 15.7. The SMILES string of the molecule is c1ccc(N(c2ccc(-c3cc(-n4c5ccccc5c5cc6ccccc6cc54)cc4c3oc3ccccc34)cc2)c2cccc3c2oc2ccccc23)cc1. The quantitative estimate of drug-likeness (QED) is 0.178. The predicted molar refractivity (Wildman–Crippen MR) is 233 cm³/mol. The van der Waals surface area contributed by atoms with Gasteiger partial charge in [-0.15, -0.1) is 0 Å². The van der Waals surface area contributed by atoms with Crippen LogP contribution in [0.3, 0.4) is 0 Å². The Labute approximate surface area is 321 Å². The number of aromatic nitrogens is 1. The van der Waals surface area contributed by atoms with Crippen LogP contribution in [0.25, 0.3) is 93.3 Å². The molecule has 0 saturated heterocycles. The molecule has 0 bridgehead atoms. The molecule has 12 aromatic rings. The van der Waals surface area contributed by atoms with Gasteiger partial charge < -0.3 is 18.3 Å². The zero-order chi connectivity index (χ0) is 36.7. The van der Waals surface area contributed by atoms with Gasteiger partial charge in [0.2, 0.25) is 0 Å². The van der Waals surface area contributed by atoms with Crippen LogP contribution in [0.5, 0.6) is 0 Å². The molecular formula is C52H32N2O2. The molecule has 0 radical (unpaired) electrons. The lowest BCUT2D eigenvalue weighted by Crippen LogP contribution is -2.10. The lowest BCUT2D eigenvalue weighted by Gasteiger charge is -2.25. The fourth-order valence-electron chi connectivity index (χ4n) is 8.79. The zero-order valence-electron chi connectivity index (χ0n) is 30.2. The Morgan fingerprint density at radius 1 is 0.375 bits per heavy atom. The summed E-state index contributed by atoms with van der Waals surface area (Å²) in [5, 5.41) is 9.32. The van der Waals surface area contributed by atoms with E-state index in [4.69, 9.17) is 8.83 Å². The number of anilines is 3. The average Bonchev–Trinajstić information content (AvgIpc) is 3.93. The van der Waals surface area contributed by atoms with Crippen molar-refractivity contribution in [3.63, 3.8) is 0 Å². The summed E-state index contributed by atoms with van der Waals surface area (Å²) in [4.78, 5) is 2.28. The summed E-state index contributed by atoms with van der Waals surface area (Å²) in [5.74, 6) is 0. The molecule has 9 aromatic carbocycles. The molecule has 0 N–H and O–H groups in total. The van der Waals surface area contributed by atoms with E-state index in [2.05, 4.69) is 185 Å². The van der Waals surface area contributed by atoms with Gasteiger partial charge in [0.15, 0.2) is 5.58 Å². The van der Waals surface area contributed by atoms with Crippen LogP contribution in [-0.4, -0.2) is 4.57 Å². The predicted octanol–water partition coefficient (Wildman–Crippen LogP) is 14.9. The van der Waals surface area contributed by atoms with Gasteiger partial charge in [-0.1, -0.05) is 121 Å². The summed E-state index contributed by atoms with van der Waals surface area (Å²) in [7, 11) is 0. The minimum Gasteiger partial charge on any atom is -0.455 e. The molecule has 0 aliphatic rings. The van der Waals surface area contributed by atoms with E-state index < -0.39 is 0 Å². The van der Waals surface area contributed by atoms with Crippen molar-refractivity contribution < 1.29 is 8.83 Å². The van der Waals surface area contributed by atoms with Crippen LogP contribution in [-0.2, 0) is 0 Å². The molecule has 4 heteroatoms. The standard InChI is InChI=1S/C52H32N2O2/c1-2-15-36(16-3-1)53(47-22-12-20-42-40-18-7-10-23-49(40)56-52(42)47)37-27-25-33(26-28-37)43-31-38(32-45-41-19-8-11-24-50(41)55-51(43)45)54-46-21-9-6-17-39(46)44-29-34-13-4-5-14-35(34)30-48(44)54/h1-32H. The van der Waals surface area contributed by atoms with E-state index in [0.717, 1.165) is 77.8 Å². The number of hydrogen-bond donors (Lipinski definition) is 0. The Hall–Kier alpha value is -7.56. The van der Waals surface area contributed by atoms with Gasteiger partial charge in [0.25, 0.3) is 0 Å². The topological polar surface area (TPSA) is 34.5 Å². The molecule has 0 saturated carbocycles. The molecule has 3 heterocycles. The monoisotopic (exact) mass is 716 g/mol. The highest BCUT2D eigenvalue weighted by atomic mass is 16.3. The molecule has 0 atom stereocenters. The molecule has 12 rings (SSSR count). The third-order valence-electron chi connectivity index (χ3n) is 11.3. The van der Waals surface area contributed by atoms with Gasteiger partial charge in [-0.25, -0.2) is 0 Å². The van der Waals surface area contributed by atoms with Gasteiger partial charge in [0.05, 0.1) is 16.7 Å². The highest BCUT2D eigenvalue weighted by Gasteiger charge is 2.21. The molecule has 4 nitrogen and oxygen atoms in total. The first kappa shape index (κ1) is 30.9. The second-order valence-corrected chi connectivity index (χ2v) is 14.5. The van der Waals surface area contributed by atoms with E-state index in [-0.39, 0.29) is 0 Å². The van der Waals surface area contributed by atoms with E-state index in [9.17, 15) is 0 Å². The van der Waals surface area contributed by atoms with Crippen molar-refractivity contribution in [1.82, 2.24) is 4.57 Å². The van der Waals surface area contributed by atoms with Crippen LogP contribution in [0.2, 0.25) is 0 Å². The van der Waals surface area contributed by atoms with E-state index >= 15 is 0 Å². The van der Waals surface area contributed by atoms with Gasteiger partial charge >= 0.3 is 0 Å². The molecular weight excluding hydrogens is 685 g/mol. The fourth-order valence-corrected chi connectivity index (χ4v) is 8.79. The average molecular weight is 717 g/mol. The van der Waals surface area contributed by atoms with E-state index in [1.165, 1.54) is 32.6 Å². The molecule has 3 aromatic heterocycles. The van der Waals surface area contributed by atoms with Crippen LogP contribution in [0, 0.1) is 0 Å². The normalized spacial score (nSPS) is 11.9. The smallest absolute Gasteiger partial charge is 0.159 e. The van der Waals surface area contributed by atoms with Gasteiger partial charge in [-0.05, 0) is 89.1 Å². The van der Waals surface area contributed by atoms with Crippen molar-refractivity contribution in [3.8, 4) is 16.8 Å². The largest absolute Gasteiger partial charge is 0.455 e. The molecule has 0 spiro atoms. The number of rotatable bonds is 5. The van der Waals surface area contributed by atoms with Crippen molar-refractivity contribution in [2.75, 3.05) is 4.90 Å². The maximum Gasteiger partial charge on any atom is 0.159 e. The Bertz CT molecular complexity index is 3480. The number of hydrogen-bond acceptors (Lipinski definition) is 3. The first-order valence-electron chi connectivity index (χ1n) is 19.0. The van der Waals surface area contributed by atoms with Crippen molar-refractivity contribution in [3.05, 3.63) is 194 Å². The minimum absolute atomic E-state index is 0.859. The number of furan rings is 2. The maximum atomic E-state index is 6.70. The summed E-state index contributed by atoms with van der Waals surface area (Å²) in [6.45, 7) is 0. The molecule has 0 fully saturated rings. The molecule has 0 aliphatic carbocycles. The zero-order valence-corrected chi connectivity index (χ0v) is 30.2. The summed E-state index contributed by atoms with van der Waals surface area (Å²) in [5.41, 5.74) is 12.1. The first-order valence-corrected chi connectivity index (χ1v) is 19.0. The van der Waals surface area contributed by atoms with E-state index in [1.54, 1.807) is 0 Å². The fraction of sp³-hybridized carbons (Fsp3) is 0. The summed E-state index contributed by atoms with van der Waals surface area (Å²) in [6.07, 6.45) is 0. The third kappa shape index (κ3) is 4.60. The lowest BCUT2D eigenvalue weighted by molar-refractivity contribution is 0.669. The second kappa shape index (κ2) is 12.0. The van der Waals surface area contributed by atoms with Crippen molar-refractivity contribution >= 4 is 93.5 Å². The number of benzene rings is 9. The molecule has 0 unspecified atom stereocenters. The molecule has 0 amide bonds. The number of para-hydroxylation sites is 5. The molecule has 0 aliphatic heterocycles. The molecule has 56 heavy (non-hydrogen) atoms. The Morgan fingerprint density at radius 3 is 1.77 bits per heavy atom. The Balaban J connectivity index is 1.08. The van der Waals surface area contributed by atoms with Crippen molar-refractivity contribution in [2.45, 2.75) is 0 Å². The van der Waals surface area contributed by atoms with Gasteiger partial charge in [-0.3, -0.25) is 0 Å². The van der Waals surface area contributed by atoms with Gasteiger partial charge in [0, 0.05) is 54.9 Å². The van der Waals surface area contributed by atoms with Gasteiger partial charge in [-0.2, -0.15) is 0 Å². The highest BCUT2D eigenvalue weighted by Crippen LogP contribution is 2.44. The van der Waals surface area contributed by atoms with Gasteiger partial charge in [0.1, 0.15) is 16.7 Å². The number of fused-ring (bicyclic) bond motifs is 10. The Morgan fingerprint density at radius 2 is 0.982 bits per heavy atom. The van der Waals surface area contributed by atoms with Crippen LogP contribution in [0.1, 0.15) is 0 Å². The summed E-state index contributed by atoms with van der Waals surface area (Å²) >= 11 is 0. The number of nitrogens with zero attached hydrogens (tertiary/aromatic N) is 2. The van der Waals surface area contributed by atoms with Crippen molar-refractivity contribution in [1.29, 1.82) is 0 Å².